The first-order chi connectivity index (χ1) is 17.7. The van der Waals surface area contributed by atoms with Gasteiger partial charge in [0.1, 0.15) is 29.9 Å². The van der Waals surface area contributed by atoms with Gasteiger partial charge in [0.2, 0.25) is 23.6 Å². The second kappa shape index (κ2) is 14.9. The van der Waals surface area contributed by atoms with Crippen LogP contribution >= 0.6 is 0 Å². The summed E-state index contributed by atoms with van der Waals surface area (Å²) in [6.45, 7) is 4.84. The summed E-state index contributed by atoms with van der Waals surface area (Å²) in [5.74, 6) is -5.16. The lowest BCUT2D eigenvalue weighted by atomic mass is 10.0. The molecular formula is C24H37N5O9. The molecule has 0 saturated carbocycles. The molecular weight excluding hydrogens is 502 g/mol. The molecule has 6 atom stereocenters. The van der Waals surface area contributed by atoms with E-state index in [1.54, 1.807) is 26.0 Å². The molecule has 0 radical (unpaired) electrons. The van der Waals surface area contributed by atoms with Crippen molar-refractivity contribution in [1.29, 1.82) is 0 Å². The fourth-order valence-corrected chi connectivity index (χ4v) is 3.27. The first kappa shape index (κ1) is 32.3. The topological polar surface area (TPSA) is 240 Å². The molecule has 14 heteroatoms. The Hall–Kier alpha value is -3.75. The molecule has 1 aromatic rings. The molecule has 0 aliphatic carbocycles. The van der Waals surface area contributed by atoms with Crippen LogP contribution in [0.25, 0.3) is 0 Å². The molecule has 4 amide bonds. The number of aliphatic carboxylic acids is 1. The van der Waals surface area contributed by atoms with E-state index >= 15 is 0 Å². The van der Waals surface area contributed by atoms with Gasteiger partial charge in [0.25, 0.3) is 0 Å². The highest BCUT2D eigenvalue weighted by molar-refractivity contribution is 5.95. The van der Waals surface area contributed by atoms with Gasteiger partial charge >= 0.3 is 5.97 Å². The van der Waals surface area contributed by atoms with Gasteiger partial charge in [-0.25, -0.2) is 4.79 Å². The number of nitrogens with two attached hydrogens (primary N) is 1. The zero-order chi connectivity index (χ0) is 29.2. The number of hydrogen-bond donors (Lipinski definition) is 9. The van der Waals surface area contributed by atoms with Crippen LogP contribution in [0, 0.1) is 5.92 Å². The minimum absolute atomic E-state index is 0.0375. The third-order valence-corrected chi connectivity index (χ3v) is 5.59. The molecule has 0 aliphatic rings. The highest BCUT2D eigenvalue weighted by atomic mass is 16.4. The molecule has 0 aliphatic heterocycles. The van der Waals surface area contributed by atoms with E-state index in [0.29, 0.717) is 5.56 Å². The van der Waals surface area contributed by atoms with Gasteiger partial charge in [0, 0.05) is 0 Å². The Balaban J connectivity index is 2.79. The Bertz CT molecular complexity index is 984. The molecule has 0 heterocycles. The number of carboxylic acid groups (broad SMARTS) is 1. The van der Waals surface area contributed by atoms with E-state index in [9.17, 15) is 44.4 Å². The predicted octanol–water partition coefficient (Wildman–Crippen LogP) is -2.67. The van der Waals surface area contributed by atoms with E-state index in [2.05, 4.69) is 21.3 Å². The average molecular weight is 540 g/mol. The quantitative estimate of drug-likeness (QED) is 0.119. The van der Waals surface area contributed by atoms with Gasteiger partial charge in [-0.05, 0) is 43.9 Å². The molecule has 0 fully saturated rings. The summed E-state index contributed by atoms with van der Waals surface area (Å²) < 4.78 is 0. The molecule has 0 unspecified atom stereocenters. The number of rotatable bonds is 14. The molecule has 1 aromatic carbocycles. The van der Waals surface area contributed by atoms with E-state index in [1.807, 2.05) is 0 Å². The van der Waals surface area contributed by atoms with E-state index in [4.69, 9.17) is 5.73 Å². The number of aliphatic hydroxyl groups is 2. The van der Waals surface area contributed by atoms with Crippen molar-refractivity contribution in [3.8, 4) is 5.75 Å². The Kier molecular flexibility index (Phi) is 12.6. The van der Waals surface area contributed by atoms with E-state index < -0.39 is 78.4 Å². The number of aromatic hydroxyl groups is 1. The summed E-state index contributed by atoms with van der Waals surface area (Å²) in [7, 11) is 0. The number of carboxylic acids is 1. The summed E-state index contributed by atoms with van der Waals surface area (Å²) in [5.41, 5.74) is 6.52. The number of hydrogen-bond acceptors (Lipinski definition) is 9. The zero-order valence-electron chi connectivity index (χ0n) is 21.7. The number of carbonyl (C=O) groups is 5. The van der Waals surface area contributed by atoms with E-state index in [0.717, 1.165) is 0 Å². The summed E-state index contributed by atoms with van der Waals surface area (Å²) in [4.78, 5) is 61.5. The zero-order valence-corrected chi connectivity index (χ0v) is 21.7. The number of carbonyl (C=O) groups excluding carboxylic acids is 4. The Morgan fingerprint density at radius 3 is 1.84 bits per heavy atom. The predicted molar refractivity (Wildman–Crippen MR) is 134 cm³/mol. The van der Waals surface area contributed by atoms with Crippen molar-refractivity contribution in [2.45, 2.75) is 70.4 Å². The van der Waals surface area contributed by atoms with Crippen LogP contribution in [-0.2, 0) is 30.4 Å². The second-order valence-corrected chi connectivity index (χ2v) is 9.25. The van der Waals surface area contributed by atoms with Crippen molar-refractivity contribution in [1.82, 2.24) is 21.3 Å². The lowest BCUT2D eigenvalue weighted by molar-refractivity contribution is -0.143. The van der Waals surface area contributed by atoms with Crippen LogP contribution in [0.3, 0.4) is 0 Å². The third-order valence-electron chi connectivity index (χ3n) is 5.59. The van der Waals surface area contributed by atoms with Crippen LogP contribution in [0.5, 0.6) is 5.75 Å². The molecule has 212 valence electrons. The first-order valence-corrected chi connectivity index (χ1v) is 11.9. The monoisotopic (exact) mass is 539 g/mol. The molecule has 14 nitrogen and oxygen atoms in total. The van der Waals surface area contributed by atoms with Gasteiger partial charge in [-0.15, -0.1) is 0 Å². The minimum Gasteiger partial charge on any atom is -0.508 e. The molecule has 0 bridgehead atoms. The van der Waals surface area contributed by atoms with Gasteiger partial charge < -0.3 is 47.4 Å². The molecule has 0 spiro atoms. The summed E-state index contributed by atoms with van der Waals surface area (Å²) >= 11 is 0. The van der Waals surface area contributed by atoms with Gasteiger partial charge in [0.05, 0.1) is 18.8 Å². The van der Waals surface area contributed by atoms with Crippen molar-refractivity contribution in [2.75, 3.05) is 6.61 Å². The van der Waals surface area contributed by atoms with E-state index in [1.165, 1.54) is 26.0 Å². The van der Waals surface area contributed by atoms with Gasteiger partial charge in [0.15, 0.2) is 0 Å². The highest BCUT2D eigenvalue weighted by Crippen LogP contribution is 2.11. The van der Waals surface area contributed by atoms with Crippen LogP contribution in [0.4, 0.5) is 0 Å². The molecule has 10 N–H and O–H groups in total. The standard InChI is InChI=1S/C24H37N5O9/c1-11(2)18(24(37)38)28-20(33)12(3)26-23(36)19(13(4)31)29-22(35)17(10-30)27-21(34)16(25)9-14-5-7-15(32)8-6-14/h5-8,11-13,16-19,30-32H,9-10,25H2,1-4H3,(H,26,36)(H,27,34)(H,28,33)(H,29,35)(H,37,38)/t12-,13+,16-,17-,18-,19-/m0/s1. The van der Waals surface area contributed by atoms with Crippen molar-refractivity contribution >= 4 is 29.6 Å². The maximum atomic E-state index is 12.7. The van der Waals surface area contributed by atoms with Crippen LogP contribution in [0.15, 0.2) is 24.3 Å². The largest absolute Gasteiger partial charge is 0.508 e. The number of amides is 4. The first-order valence-electron chi connectivity index (χ1n) is 11.9. The molecule has 0 aromatic heterocycles. The fourth-order valence-electron chi connectivity index (χ4n) is 3.27. The van der Waals surface area contributed by atoms with Gasteiger partial charge in [-0.1, -0.05) is 26.0 Å². The average Bonchev–Trinajstić information content (AvgIpc) is 2.84. The Morgan fingerprint density at radius 2 is 1.37 bits per heavy atom. The fraction of sp³-hybridized carbons (Fsp3) is 0.542. The summed E-state index contributed by atoms with van der Waals surface area (Å²) in [6, 6.07) is -0.615. The summed E-state index contributed by atoms with van der Waals surface area (Å²) in [6.07, 6.45) is -1.37. The number of aliphatic hydroxyl groups excluding tert-OH is 2. The van der Waals surface area contributed by atoms with Crippen LogP contribution in [0.2, 0.25) is 0 Å². The van der Waals surface area contributed by atoms with Gasteiger partial charge in [-0.2, -0.15) is 0 Å². The second-order valence-electron chi connectivity index (χ2n) is 9.25. The maximum absolute atomic E-state index is 12.7. The smallest absolute Gasteiger partial charge is 0.326 e. The number of benzene rings is 1. The molecule has 38 heavy (non-hydrogen) atoms. The molecule has 0 saturated heterocycles. The number of phenols is 1. The number of nitrogens with one attached hydrogen (secondary N) is 4. The number of phenolic OH excluding ortho intramolecular Hbond substituents is 1. The van der Waals surface area contributed by atoms with Crippen molar-refractivity contribution in [3.63, 3.8) is 0 Å². The summed E-state index contributed by atoms with van der Waals surface area (Å²) in [5, 5.41) is 47.3. The Morgan fingerprint density at radius 1 is 0.816 bits per heavy atom. The van der Waals surface area contributed by atoms with Gasteiger partial charge in [-0.3, -0.25) is 19.2 Å². The third kappa shape index (κ3) is 9.95. The van der Waals surface area contributed by atoms with Crippen LogP contribution < -0.4 is 27.0 Å². The SMILES string of the molecule is CC(C)[C@H](NC(=O)[C@H](C)NC(=O)[C@@H](NC(=O)[C@H](CO)NC(=O)[C@@H](N)Cc1ccc(O)cc1)[C@@H](C)O)C(=O)O. The maximum Gasteiger partial charge on any atom is 0.326 e. The lowest BCUT2D eigenvalue weighted by Crippen LogP contribution is -2.61. The highest BCUT2D eigenvalue weighted by Gasteiger charge is 2.32. The van der Waals surface area contributed by atoms with Crippen molar-refractivity contribution < 1.29 is 44.4 Å². The molecule has 1 rings (SSSR count). The van der Waals surface area contributed by atoms with Crippen LogP contribution in [-0.4, -0.2) is 92.9 Å². The Labute approximate surface area is 220 Å². The van der Waals surface area contributed by atoms with Crippen molar-refractivity contribution in [3.05, 3.63) is 29.8 Å². The van der Waals surface area contributed by atoms with E-state index in [-0.39, 0.29) is 12.2 Å². The van der Waals surface area contributed by atoms with Crippen LogP contribution in [0.1, 0.15) is 33.3 Å². The minimum atomic E-state index is -1.57. The lowest BCUT2D eigenvalue weighted by Gasteiger charge is -2.26. The van der Waals surface area contributed by atoms with Crippen molar-refractivity contribution in [2.24, 2.45) is 11.7 Å². The normalized spacial score (nSPS) is 15.8.